The molecule has 0 bridgehead atoms. The molecule has 6 heteroatoms. The number of ether oxygens (including phenoxy) is 1. The quantitative estimate of drug-likeness (QED) is 0.527. The Morgan fingerprint density at radius 3 is 2.83 bits per heavy atom. The van der Waals surface area contributed by atoms with Crippen LogP contribution in [0.1, 0.15) is 27.3 Å². The first kappa shape index (κ1) is 18.7. The minimum Gasteiger partial charge on any atom is -0.489 e. The van der Waals surface area contributed by atoms with Crippen molar-refractivity contribution in [3.63, 3.8) is 0 Å². The summed E-state index contributed by atoms with van der Waals surface area (Å²) >= 11 is 0. The van der Waals surface area contributed by atoms with Gasteiger partial charge in [-0.1, -0.05) is 42.0 Å². The normalized spacial score (nSPS) is 10.8. The number of carbonyl (C=O) groups excluding carboxylic acids is 1. The molecule has 29 heavy (non-hydrogen) atoms. The van der Waals surface area contributed by atoms with Gasteiger partial charge in [0, 0.05) is 24.7 Å². The van der Waals surface area contributed by atoms with Crippen LogP contribution in [0.4, 0.5) is 0 Å². The second-order valence-corrected chi connectivity index (χ2v) is 6.86. The molecule has 6 nitrogen and oxygen atoms in total. The monoisotopic (exact) mass is 386 g/mol. The van der Waals surface area contributed by atoms with Crippen LogP contribution in [-0.2, 0) is 13.0 Å². The zero-order valence-electron chi connectivity index (χ0n) is 16.2. The highest BCUT2D eigenvalue weighted by atomic mass is 16.5. The van der Waals surface area contributed by atoms with E-state index in [2.05, 4.69) is 34.6 Å². The van der Waals surface area contributed by atoms with E-state index in [0.717, 1.165) is 17.0 Å². The van der Waals surface area contributed by atoms with Crippen LogP contribution in [0, 0.1) is 6.92 Å². The molecular weight excluding hydrogens is 364 g/mol. The maximum absolute atomic E-state index is 12.5. The number of amides is 1. The van der Waals surface area contributed by atoms with Gasteiger partial charge in [0.15, 0.2) is 5.65 Å². The van der Waals surface area contributed by atoms with Crippen molar-refractivity contribution in [2.75, 3.05) is 6.54 Å². The third-order valence-corrected chi connectivity index (χ3v) is 4.60. The third-order valence-electron chi connectivity index (χ3n) is 4.60. The Balaban J connectivity index is 1.33. The van der Waals surface area contributed by atoms with E-state index in [-0.39, 0.29) is 5.91 Å². The van der Waals surface area contributed by atoms with Gasteiger partial charge >= 0.3 is 0 Å². The van der Waals surface area contributed by atoms with Gasteiger partial charge in [-0.3, -0.25) is 9.20 Å². The van der Waals surface area contributed by atoms with E-state index >= 15 is 0 Å². The summed E-state index contributed by atoms with van der Waals surface area (Å²) in [6.45, 7) is 2.99. The zero-order valence-corrected chi connectivity index (χ0v) is 16.2. The highest BCUT2D eigenvalue weighted by Crippen LogP contribution is 2.16. The summed E-state index contributed by atoms with van der Waals surface area (Å²) in [7, 11) is 0. The number of carbonyl (C=O) groups is 1. The highest BCUT2D eigenvalue weighted by molar-refractivity contribution is 5.94. The van der Waals surface area contributed by atoms with Crippen molar-refractivity contribution in [3.8, 4) is 5.75 Å². The van der Waals surface area contributed by atoms with E-state index in [0.29, 0.717) is 30.9 Å². The average molecular weight is 386 g/mol. The van der Waals surface area contributed by atoms with E-state index in [1.165, 1.54) is 5.56 Å². The number of hydrogen-bond acceptors (Lipinski definition) is 4. The fourth-order valence-electron chi connectivity index (χ4n) is 3.15. The summed E-state index contributed by atoms with van der Waals surface area (Å²) in [4.78, 5) is 12.5. The van der Waals surface area contributed by atoms with Gasteiger partial charge in [-0.2, -0.15) is 0 Å². The first-order chi connectivity index (χ1) is 14.2. The van der Waals surface area contributed by atoms with E-state index in [9.17, 15) is 4.79 Å². The lowest BCUT2D eigenvalue weighted by atomic mass is 10.1. The van der Waals surface area contributed by atoms with Gasteiger partial charge in [0.1, 0.15) is 18.2 Å². The number of aromatic nitrogens is 3. The zero-order chi connectivity index (χ0) is 20.1. The Labute approximate surface area is 169 Å². The Morgan fingerprint density at radius 1 is 1.03 bits per heavy atom. The molecule has 0 unspecified atom stereocenters. The maximum Gasteiger partial charge on any atom is 0.251 e. The first-order valence-corrected chi connectivity index (χ1v) is 9.54. The van der Waals surface area contributed by atoms with Crippen molar-refractivity contribution in [2.24, 2.45) is 0 Å². The Kier molecular flexibility index (Phi) is 5.52. The number of nitrogens with one attached hydrogen (secondary N) is 1. The van der Waals surface area contributed by atoms with E-state index in [4.69, 9.17) is 4.74 Å². The van der Waals surface area contributed by atoms with E-state index < -0.39 is 0 Å². The number of hydrogen-bond donors (Lipinski definition) is 1. The largest absolute Gasteiger partial charge is 0.489 e. The van der Waals surface area contributed by atoms with Crippen molar-refractivity contribution < 1.29 is 9.53 Å². The number of fused-ring (bicyclic) bond motifs is 1. The molecule has 2 aromatic heterocycles. The van der Waals surface area contributed by atoms with Crippen molar-refractivity contribution in [1.29, 1.82) is 0 Å². The molecule has 0 saturated carbocycles. The van der Waals surface area contributed by atoms with Gasteiger partial charge in [-0.05, 0) is 42.8 Å². The third kappa shape index (κ3) is 4.60. The van der Waals surface area contributed by atoms with E-state index in [1.807, 2.05) is 53.1 Å². The van der Waals surface area contributed by atoms with Crippen molar-refractivity contribution in [3.05, 3.63) is 95.4 Å². The molecule has 0 fully saturated rings. The predicted molar refractivity (Wildman–Crippen MR) is 111 cm³/mol. The molecule has 0 saturated heterocycles. The van der Waals surface area contributed by atoms with Crippen LogP contribution < -0.4 is 10.1 Å². The molecule has 0 radical (unpaired) electrons. The molecule has 4 rings (SSSR count). The topological polar surface area (TPSA) is 68.5 Å². The summed E-state index contributed by atoms with van der Waals surface area (Å²) in [5.41, 5.74) is 3.66. The van der Waals surface area contributed by atoms with Gasteiger partial charge in [0.2, 0.25) is 0 Å². The van der Waals surface area contributed by atoms with Crippen molar-refractivity contribution in [1.82, 2.24) is 19.9 Å². The highest BCUT2D eigenvalue weighted by Gasteiger charge is 2.09. The SMILES string of the molecule is Cc1cccc(COc2cccc(C(=O)NCCc3nnc4ccccn34)c2)c1. The molecule has 4 aromatic rings. The molecule has 0 spiro atoms. The second kappa shape index (κ2) is 8.56. The maximum atomic E-state index is 12.5. The Bertz CT molecular complexity index is 1140. The fourth-order valence-corrected chi connectivity index (χ4v) is 3.15. The van der Waals surface area contributed by atoms with Crippen LogP contribution in [0.15, 0.2) is 72.9 Å². The molecule has 1 N–H and O–H groups in total. The summed E-state index contributed by atoms with van der Waals surface area (Å²) in [6.07, 6.45) is 2.52. The van der Waals surface area contributed by atoms with Crippen LogP contribution in [0.25, 0.3) is 5.65 Å². The van der Waals surface area contributed by atoms with Gasteiger partial charge < -0.3 is 10.1 Å². The number of aryl methyl sites for hydroxylation is 1. The summed E-state index contributed by atoms with van der Waals surface area (Å²) in [5.74, 6) is 1.35. The van der Waals surface area contributed by atoms with Gasteiger partial charge in [-0.15, -0.1) is 10.2 Å². The minimum absolute atomic E-state index is 0.139. The molecule has 1 amide bonds. The molecule has 146 valence electrons. The molecule has 0 aliphatic carbocycles. The van der Waals surface area contributed by atoms with Gasteiger partial charge in [0.25, 0.3) is 5.91 Å². The summed E-state index contributed by atoms with van der Waals surface area (Å²) in [5, 5.41) is 11.2. The summed E-state index contributed by atoms with van der Waals surface area (Å²) < 4.78 is 7.77. The summed E-state index contributed by atoms with van der Waals surface area (Å²) in [6, 6.07) is 21.2. The molecule has 0 aliphatic rings. The number of pyridine rings is 1. The van der Waals surface area contributed by atoms with Crippen LogP contribution in [-0.4, -0.2) is 27.0 Å². The van der Waals surface area contributed by atoms with Crippen LogP contribution >= 0.6 is 0 Å². The molecule has 0 aliphatic heterocycles. The fraction of sp³-hybridized carbons (Fsp3) is 0.174. The lowest BCUT2D eigenvalue weighted by Gasteiger charge is -2.09. The molecular formula is C23H22N4O2. The Morgan fingerprint density at radius 2 is 1.93 bits per heavy atom. The standard InChI is InChI=1S/C23H22N4O2/c1-17-6-4-7-18(14-17)16-29-20-9-5-8-19(15-20)23(28)24-12-11-22-26-25-21-10-2-3-13-27(21)22/h2-10,13-15H,11-12,16H2,1H3,(H,24,28). The minimum atomic E-state index is -0.139. The number of benzene rings is 2. The van der Waals surface area contributed by atoms with Gasteiger partial charge in [0.05, 0.1) is 0 Å². The van der Waals surface area contributed by atoms with Crippen molar-refractivity contribution in [2.45, 2.75) is 20.0 Å². The van der Waals surface area contributed by atoms with Crippen LogP contribution in [0.3, 0.4) is 0 Å². The second-order valence-electron chi connectivity index (χ2n) is 6.86. The molecule has 2 heterocycles. The first-order valence-electron chi connectivity index (χ1n) is 9.54. The van der Waals surface area contributed by atoms with Crippen LogP contribution in [0.2, 0.25) is 0 Å². The number of rotatable bonds is 7. The van der Waals surface area contributed by atoms with Gasteiger partial charge in [-0.25, -0.2) is 0 Å². The van der Waals surface area contributed by atoms with E-state index in [1.54, 1.807) is 12.1 Å². The molecule has 2 aromatic carbocycles. The lowest BCUT2D eigenvalue weighted by Crippen LogP contribution is -2.26. The average Bonchev–Trinajstić information content (AvgIpc) is 3.16. The lowest BCUT2D eigenvalue weighted by molar-refractivity contribution is 0.0953. The van der Waals surface area contributed by atoms with Crippen molar-refractivity contribution >= 4 is 11.6 Å². The smallest absolute Gasteiger partial charge is 0.251 e. The molecule has 0 atom stereocenters. The van der Waals surface area contributed by atoms with Crippen LogP contribution in [0.5, 0.6) is 5.75 Å². The predicted octanol–water partition coefficient (Wildman–Crippen LogP) is 3.59. The Hall–Kier alpha value is -3.67. The number of nitrogens with zero attached hydrogens (tertiary/aromatic N) is 3.